The second-order valence-corrected chi connectivity index (χ2v) is 7.74. The van der Waals surface area contributed by atoms with Gasteiger partial charge in [0.15, 0.2) is 5.82 Å². The number of aryl methyl sites for hydroxylation is 1. The summed E-state index contributed by atoms with van der Waals surface area (Å²) in [5.41, 5.74) is -0.672. The van der Waals surface area contributed by atoms with Gasteiger partial charge in [-0.2, -0.15) is 4.98 Å². The third-order valence-corrected chi connectivity index (χ3v) is 4.57. The summed E-state index contributed by atoms with van der Waals surface area (Å²) in [6.07, 6.45) is 4.11. The lowest BCUT2D eigenvalue weighted by Crippen LogP contribution is -2.59. The topological polar surface area (TPSA) is 89.3 Å². The average molecular weight is 338 g/mol. The van der Waals surface area contributed by atoms with Crippen molar-refractivity contribution in [1.82, 2.24) is 20.8 Å². The molecule has 0 bridgehead atoms. The molecule has 24 heavy (non-hydrogen) atoms. The number of carbonyl (C=O) groups excluding carboxylic acids is 1. The van der Waals surface area contributed by atoms with Crippen LogP contribution in [0.1, 0.15) is 65.1 Å². The first-order chi connectivity index (χ1) is 11.2. The Morgan fingerprint density at radius 1 is 1.42 bits per heavy atom. The molecule has 2 N–H and O–H groups in total. The van der Waals surface area contributed by atoms with Crippen LogP contribution in [0, 0.1) is 12.8 Å². The van der Waals surface area contributed by atoms with Gasteiger partial charge < -0.3 is 19.9 Å². The van der Waals surface area contributed by atoms with Crippen LogP contribution in [0.3, 0.4) is 0 Å². The van der Waals surface area contributed by atoms with Gasteiger partial charge >= 0.3 is 6.09 Å². The summed E-state index contributed by atoms with van der Waals surface area (Å²) in [6, 6.07) is 0. The third kappa shape index (κ3) is 5.19. The van der Waals surface area contributed by atoms with E-state index in [2.05, 4.69) is 27.7 Å². The van der Waals surface area contributed by atoms with Crippen LogP contribution in [0.5, 0.6) is 0 Å². The highest BCUT2D eigenvalue weighted by atomic mass is 16.6. The minimum atomic E-state index is -0.495. The Morgan fingerprint density at radius 3 is 2.75 bits per heavy atom. The van der Waals surface area contributed by atoms with Crippen LogP contribution in [-0.4, -0.2) is 33.9 Å². The zero-order chi connectivity index (χ0) is 17.8. The minimum absolute atomic E-state index is 0.177. The maximum absolute atomic E-state index is 12.0. The van der Waals surface area contributed by atoms with E-state index in [0.717, 1.165) is 19.3 Å². The van der Waals surface area contributed by atoms with Crippen LogP contribution in [0.2, 0.25) is 0 Å². The van der Waals surface area contributed by atoms with Gasteiger partial charge in [0.2, 0.25) is 5.89 Å². The maximum atomic E-state index is 12.0. The van der Waals surface area contributed by atoms with Gasteiger partial charge in [-0.15, -0.1) is 0 Å². The van der Waals surface area contributed by atoms with Crippen molar-refractivity contribution < 1.29 is 14.1 Å². The number of amides is 1. The van der Waals surface area contributed by atoms with E-state index in [1.807, 2.05) is 20.8 Å². The highest BCUT2D eigenvalue weighted by Gasteiger charge is 2.38. The summed E-state index contributed by atoms with van der Waals surface area (Å²) in [6.45, 7) is 10.6. The number of carbonyl (C=O) groups is 1. The molecule has 136 valence electrons. The van der Waals surface area contributed by atoms with Crippen molar-refractivity contribution >= 4 is 6.09 Å². The Hall–Kier alpha value is -1.63. The van der Waals surface area contributed by atoms with E-state index in [1.165, 1.54) is 6.42 Å². The first-order valence-electron chi connectivity index (χ1n) is 8.71. The molecule has 0 radical (unpaired) electrons. The number of alkyl carbamates (subject to hydrolysis) is 1. The summed E-state index contributed by atoms with van der Waals surface area (Å²) >= 11 is 0. The van der Waals surface area contributed by atoms with Crippen LogP contribution >= 0.6 is 0 Å². The van der Waals surface area contributed by atoms with Crippen LogP contribution in [0.15, 0.2) is 4.52 Å². The number of rotatable bonds is 5. The molecule has 1 saturated carbocycles. The van der Waals surface area contributed by atoms with Crippen LogP contribution < -0.4 is 10.6 Å². The van der Waals surface area contributed by atoms with E-state index in [9.17, 15) is 4.79 Å². The molecule has 7 nitrogen and oxygen atoms in total. The van der Waals surface area contributed by atoms with Gasteiger partial charge in [0.1, 0.15) is 5.60 Å². The summed E-state index contributed by atoms with van der Waals surface area (Å²) in [5.74, 6) is 1.64. The minimum Gasteiger partial charge on any atom is -0.444 e. The monoisotopic (exact) mass is 338 g/mol. The summed E-state index contributed by atoms with van der Waals surface area (Å²) < 4.78 is 10.4. The molecule has 0 spiro atoms. The molecule has 1 aromatic heterocycles. The van der Waals surface area contributed by atoms with E-state index < -0.39 is 5.60 Å². The quantitative estimate of drug-likeness (QED) is 0.858. The molecule has 1 aliphatic rings. The molecule has 2 rings (SSSR count). The van der Waals surface area contributed by atoms with Gasteiger partial charge in [0, 0.05) is 19.0 Å². The Labute approximate surface area is 143 Å². The summed E-state index contributed by atoms with van der Waals surface area (Å²) in [4.78, 5) is 16.3. The predicted octanol–water partition coefficient (Wildman–Crippen LogP) is 2.94. The lowest BCUT2D eigenvalue weighted by atomic mass is 9.73. The number of hydrogen-bond donors (Lipinski definition) is 2. The normalized spacial score (nSPS) is 24.6. The third-order valence-electron chi connectivity index (χ3n) is 4.57. The Morgan fingerprint density at radius 2 is 2.17 bits per heavy atom. The van der Waals surface area contributed by atoms with Crippen LogP contribution in [0.4, 0.5) is 4.79 Å². The lowest BCUT2D eigenvalue weighted by molar-refractivity contribution is 0.0479. The highest BCUT2D eigenvalue weighted by Crippen LogP contribution is 2.33. The maximum Gasteiger partial charge on any atom is 0.407 e. The first kappa shape index (κ1) is 18.7. The second kappa shape index (κ2) is 7.51. The number of nitrogens with zero attached hydrogens (tertiary/aromatic N) is 2. The predicted molar refractivity (Wildman–Crippen MR) is 90.5 cm³/mol. The Kier molecular flexibility index (Phi) is 5.85. The van der Waals surface area contributed by atoms with Crippen LogP contribution in [0.25, 0.3) is 0 Å². The highest BCUT2D eigenvalue weighted by molar-refractivity contribution is 5.67. The molecule has 1 amide bonds. The van der Waals surface area contributed by atoms with Crippen molar-refractivity contribution in [2.75, 3.05) is 6.54 Å². The molecule has 2 atom stereocenters. The van der Waals surface area contributed by atoms with E-state index >= 15 is 0 Å². The molecular formula is C17H30N4O3. The van der Waals surface area contributed by atoms with Gasteiger partial charge in [-0.05, 0) is 39.5 Å². The fourth-order valence-corrected chi connectivity index (χ4v) is 3.21. The summed E-state index contributed by atoms with van der Waals surface area (Å²) in [5, 5.41) is 10.5. The molecule has 7 heteroatoms. The lowest BCUT2D eigenvalue weighted by Gasteiger charge is -2.43. The zero-order valence-corrected chi connectivity index (χ0v) is 15.4. The molecule has 0 aromatic carbocycles. The average Bonchev–Trinajstić information content (AvgIpc) is 2.89. The molecule has 1 aromatic rings. The number of hydrogen-bond acceptors (Lipinski definition) is 6. The molecule has 0 saturated heterocycles. The number of ether oxygens (including phenoxy) is 1. The van der Waals surface area contributed by atoms with Crippen molar-refractivity contribution in [2.45, 2.75) is 78.0 Å². The molecule has 1 heterocycles. The van der Waals surface area contributed by atoms with Gasteiger partial charge in [-0.3, -0.25) is 0 Å². The number of aromatic nitrogens is 2. The SMILES string of the molecule is Cc1nc(CNC2(CNC(=O)OC(C)(C)C)CCCCC2C)no1. The fraction of sp³-hybridized carbons (Fsp3) is 0.824. The molecule has 2 unspecified atom stereocenters. The van der Waals surface area contributed by atoms with Crippen molar-refractivity contribution in [3.63, 3.8) is 0 Å². The fourth-order valence-electron chi connectivity index (χ4n) is 3.21. The summed E-state index contributed by atoms with van der Waals surface area (Å²) in [7, 11) is 0. The van der Waals surface area contributed by atoms with Gasteiger partial charge in [0.05, 0.1) is 6.54 Å². The Balaban J connectivity index is 1.99. The van der Waals surface area contributed by atoms with E-state index in [1.54, 1.807) is 6.92 Å². The van der Waals surface area contributed by atoms with Crippen molar-refractivity contribution in [3.05, 3.63) is 11.7 Å². The molecular weight excluding hydrogens is 308 g/mol. The smallest absolute Gasteiger partial charge is 0.407 e. The van der Waals surface area contributed by atoms with Gasteiger partial charge in [-0.25, -0.2) is 4.79 Å². The van der Waals surface area contributed by atoms with E-state index in [4.69, 9.17) is 9.26 Å². The first-order valence-corrected chi connectivity index (χ1v) is 8.71. The zero-order valence-electron chi connectivity index (χ0n) is 15.4. The van der Waals surface area contributed by atoms with E-state index in [0.29, 0.717) is 30.7 Å². The Bertz CT molecular complexity index is 552. The van der Waals surface area contributed by atoms with Gasteiger partial charge in [0.25, 0.3) is 0 Å². The van der Waals surface area contributed by atoms with Crippen LogP contribution in [-0.2, 0) is 11.3 Å². The molecule has 1 fully saturated rings. The standard InChI is InChI=1S/C17H30N4O3/c1-12-8-6-7-9-17(12,11-18-15(22)23-16(3,4)5)19-10-14-20-13(2)24-21-14/h12,19H,6-11H2,1-5H3,(H,18,22). The second-order valence-electron chi connectivity index (χ2n) is 7.74. The molecule has 0 aliphatic heterocycles. The largest absolute Gasteiger partial charge is 0.444 e. The van der Waals surface area contributed by atoms with Crippen molar-refractivity contribution in [1.29, 1.82) is 0 Å². The van der Waals surface area contributed by atoms with Crippen molar-refractivity contribution in [3.8, 4) is 0 Å². The van der Waals surface area contributed by atoms with Crippen molar-refractivity contribution in [2.24, 2.45) is 5.92 Å². The van der Waals surface area contributed by atoms with Gasteiger partial charge in [-0.1, -0.05) is 24.9 Å². The molecule has 1 aliphatic carbocycles. The number of nitrogens with one attached hydrogen (secondary N) is 2. The van der Waals surface area contributed by atoms with E-state index in [-0.39, 0.29) is 11.6 Å².